The van der Waals surface area contributed by atoms with E-state index in [0.29, 0.717) is 12.5 Å². The van der Waals surface area contributed by atoms with E-state index in [-0.39, 0.29) is 11.5 Å². The molecule has 0 saturated heterocycles. The minimum atomic E-state index is -0.135. The van der Waals surface area contributed by atoms with Crippen LogP contribution in [0.1, 0.15) is 43.7 Å². The molecule has 1 saturated carbocycles. The quantitative estimate of drug-likeness (QED) is 0.830. The summed E-state index contributed by atoms with van der Waals surface area (Å²) in [6.45, 7) is 2.85. The van der Waals surface area contributed by atoms with E-state index < -0.39 is 0 Å². The van der Waals surface area contributed by atoms with E-state index in [1.165, 1.54) is 16.7 Å². The predicted octanol–water partition coefficient (Wildman–Crippen LogP) is 5.22. The molecule has 4 rings (SSSR count). The normalized spacial score (nSPS) is 28.3. The minimum Gasteiger partial charge on any atom is -0.489 e. The van der Waals surface area contributed by atoms with E-state index in [2.05, 4.69) is 49.4 Å². The zero-order valence-corrected chi connectivity index (χ0v) is 14.8. The van der Waals surface area contributed by atoms with Crippen LogP contribution in [0.25, 0.3) is 5.57 Å². The van der Waals surface area contributed by atoms with Crippen LogP contribution in [0.4, 0.5) is 0 Å². The molecule has 1 fully saturated rings. The van der Waals surface area contributed by atoms with Gasteiger partial charge in [-0.2, -0.15) is 0 Å². The molecule has 2 heteroatoms. The molecule has 25 heavy (non-hydrogen) atoms. The number of rotatable bonds is 4. The lowest BCUT2D eigenvalue weighted by Gasteiger charge is -2.38. The first-order valence-corrected chi connectivity index (χ1v) is 9.29. The largest absolute Gasteiger partial charge is 0.489 e. The molecule has 2 aromatic rings. The van der Waals surface area contributed by atoms with Crippen LogP contribution in [0, 0.1) is 11.3 Å². The summed E-state index contributed by atoms with van der Waals surface area (Å²) in [4.78, 5) is 0. The molecule has 3 atom stereocenters. The Hall–Kier alpha value is -2.06. The number of hydrogen-bond acceptors (Lipinski definition) is 2. The van der Waals surface area contributed by atoms with Crippen molar-refractivity contribution in [1.29, 1.82) is 0 Å². The van der Waals surface area contributed by atoms with Crippen LogP contribution in [0.3, 0.4) is 0 Å². The van der Waals surface area contributed by atoms with Crippen molar-refractivity contribution in [3.63, 3.8) is 0 Å². The van der Waals surface area contributed by atoms with Crippen molar-refractivity contribution in [1.82, 2.24) is 0 Å². The summed E-state index contributed by atoms with van der Waals surface area (Å²) in [5.41, 5.74) is 3.98. The lowest BCUT2D eigenvalue weighted by molar-refractivity contribution is 0.0400. The first-order valence-electron chi connectivity index (χ1n) is 9.29. The lowest BCUT2D eigenvalue weighted by atomic mass is 9.68. The van der Waals surface area contributed by atoms with Gasteiger partial charge >= 0.3 is 0 Å². The van der Waals surface area contributed by atoms with Gasteiger partial charge < -0.3 is 9.84 Å². The van der Waals surface area contributed by atoms with E-state index in [1.807, 2.05) is 18.2 Å². The van der Waals surface area contributed by atoms with Crippen molar-refractivity contribution in [3.05, 3.63) is 71.8 Å². The molecule has 0 aromatic heterocycles. The van der Waals surface area contributed by atoms with Gasteiger partial charge in [0.1, 0.15) is 12.4 Å². The van der Waals surface area contributed by atoms with Gasteiger partial charge in [-0.05, 0) is 60.4 Å². The van der Waals surface area contributed by atoms with Gasteiger partial charge in [0.15, 0.2) is 0 Å². The molecule has 130 valence electrons. The third-order valence-electron chi connectivity index (χ3n) is 6.21. The smallest absolute Gasteiger partial charge is 0.119 e. The highest BCUT2D eigenvalue weighted by molar-refractivity contribution is 5.67. The Kier molecular flexibility index (Phi) is 4.39. The molecule has 2 aliphatic carbocycles. The fraction of sp³-hybridized carbons (Fsp3) is 0.391. The van der Waals surface area contributed by atoms with Crippen LogP contribution in [0.5, 0.6) is 5.75 Å². The Morgan fingerprint density at radius 3 is 2.56 bits per heavy atom. The maximum absolute atomic E-state index is 10.3. The van der Waals surface area contributed by atoms with Crippen LogP contribution in [0.2, 0.25) is 0 Å². The van der Waals surface area contributed by atoms with Crippen molar-refractivity contribution in [2.45, 2.75) is 45.3 Å². The van der Waals surface area contributed by atoms with Crippen LogP contribution in [-0.2, 0) is 6.61 Å². The van der Waals surface area contributed by atoms with Crippen molar-refractivity contribution >= 4 is 5.57 Å². The Morgan fingerprint density at radius 1 is 1.04 bits per heavy atom. The summed E-state index contributed by atoms with van der Waals surface area (Å²) < 4.78 is 5.88. The van der Waals surface area contributed by atoms with Gasteiger partial charge in [0.25, 0.3) is 0 Å². The van der Waals surface area contributed by atoms with Crippen LogP contribution >= 0.6 is 0 Å². The van der Waals surface area contributed by atoms with Gasteiger partial charge in [-0.3, -0.25) is 0 Å². The minimum absolute atomic E-state index is 0.0856. The lowest BCUT2D eigenvalue weighted by Crippen LogP contribution is -2.34. The first-order chi connectivity index (χ1) is 12.1. The van der Waals surface area contributed by atoms with Crippen molar-refractivity contribution < 1.29 is 9.84 Å². The van der Waals surface area contributed by atoms with E-state index in [1.54, 1.807) is 0 Å². The number of aliphatic hydroxyl groups is 1. The SMILES string of the molecule is C[C@]12CC=C(c3ccc(OCc4ccccc4)cc3)C[C@@H]1CC[C@@H]2O. The number of allylic oxidation sites excluding steroid dienone is 2. The number of ether oxygens (including phenoxy) is 1. The summed E-state index contributed by atoms with van der Waals surface area (Å²) >= 11 is 0. The topological polar surface area (TPSA) is 29.5 Å². The van der Waals surface area contributed by atoms with Gasteiger partial charge in [0.05, 0.1) is 6.10 Å². The molecule has 0 heterocycles. The summed E-state index contributed by atoms with van der Waals surface area (Å²) in [6, 6.07) is 18.7. The molecule has 0 bridgehead atoms. The average Bonchev–Trinajstić information content (AvgIpc) is 2.96. The Balaban J connectivity index is 1.42. The highest BCUT2D eigenvalue weighted by Gasteiger charge is 2.46. The van der Waals surface area contributed by atoms with E-state index in [4.69, 9.17) is 4.74 Å². The third-order valence-corrected chi connectivity index (χ3v) is 6.21. The standard InChI is InChI=1S/C23H26O2/c1-23-14-13-19(15-20(23)9-12-22(23)24)18-7-10-21(11-8-18)25-16-17-5-3-2-4-6-17/h2-8,10-11,13,20,22,24H,9,12,14-16H2,1H3/t20-,22-,23-/m0/s1. The molecule has 2 aromatic carbocycles. The second kappa shape index (κ2) is 6.68. The Bertz CT molecular complexity index is 747. The van der Waals surface area contributed by atoms with E-state index in [0.717, 1.165) is 31.4 Å². The molecule has 0 unspecified atom stereocenters. The predicted molar refractivity (Wildman–Crippen MR) is 101 cm³/mol. The molecular formula is C23H26O2. The second-order valence-electron chi connectivity index (χ2n) is 7.73. The zero-order valence-electron chi connectivity index (χ0n) is 14.8. The van der Waals surface area contributed by atoms with Gasteiger partial charge in [0, 0.05) is 5.41 Å². The summed E-state index contributed by atoms with van der Waals surface area (Å²) in [6.07, 6.45) is 6.37. The second-order valence-corrected chi connectivity index (χ2v) is 7.73. The van der Waals surface area contributed by atoms with E-state index >= 15 is 0 Å². The Labute approximate surface area is 150 Å². The van der Waals surface area contributed by atoms with Crippen molar-refractivity contribution in [2.75, 3.05) is 0 Å². The zero-order chi connectivity index (χ0) is 17.3. The number of aliphatic hydroxyl groups excluding tert-OH is 1. The average molecular weight is 334 g/mol. The number of benzene rings is 2. The Morgan fingerprint density at radius 2 is 1.80 bits per heavy atom. The summed E-state index contributed by atoms with van der Waals surface area (Å²) in [5.74, 6) is 1.52. The summed E-state index contributed by atoms with van der Waals surface area (Å²) in [5, 5.41) is 10.3. The fourth-order valence-electron chi connectivity index (χ4n) is 4.36. The molecule has 0 aliphatic heterocycles. The van der Waals surface area contributed by atoms with Gasteiger partial charge in [-0.25, -0.2) is 0 Å². The monoisotopic (exact) mass is 334 g/mol. The van der Waals surface area contributed by atoms with Crippen LogP contribution in [-0.4, -0.2) is 11.2 Å². The summed E-state index contributed by atoms with van der Waals surface area (Å²) in [7, 11) is 0. The molecule has 0 spiro atoms. The highest BCUT2D eigenvalue weighted by atomic mass is 16.5. The number of hydrogen-bond donors (Lipinski definition) is 1. The van der Waals surface area contributed by atoms with Gasteiger partial charge in [0.2, 0.25) is 0 Å². The molecule has 0 amide bonds. The maximum atomic E-state index is 10.3. The fourth-order valence-corrected chi connectivity index (χ4v) is 4.36. The van der Waals surface area contributed by atoms with E-state index in [9.17, 15) is 5.11 Å². The van der Waals surface area contributed by atoms with Gasteiger partial charge in [-0.1, -0.05) is 55.5 Å². The highest BCUT2D eigenvalue weighted by Crippen LogP contribution is 2.53. The maximum Gasteiger partial charge on any atom is 0.119 e. The van der Waals surface area contributed by atoms with Crippen LogP contribution in [0.15, 0.2) is 60.7 Å². The third kappa shape index (κ3) is 3.23. The van der Waals surface area contributed by atoms with Crippen molar-refractivity contribution in [2.24, 2.45) is 11.3 Å². The van der Waals surface area contributed by atoms with Crippen LogP contribution < -0.4 is 4.74 Å². The van der Waals surface area contributed by atoms with Crippen molar-refractivity contribution in [3.8, 4) is 5.75 Å². The molecular weight excluding hydrogens is 308 g/mol. The molecule has 2 nitrogen and oxygen atoms in total. The van der Waals surface area contributed by atoms with Gasteiger partial charge in [-0.15, -0.1) is 0 Å². The molecule has 2 aliphatic rings. The molecule has 0 radical (unpaired) electrons. The number of fused-ring (bicyclic) bond motifs is 1. The molecule has 1 N–H and O–H groups in total. The first kappa shape index (κ1) is 16.4.